The van der Waals surface area contributed by atoms with Gasteiger partial charge in [-0.05, 0) is 69.1 Å². The highest BCUT2D eigenvalue weighted by atomic mass is 19.1. The fraction of sp³-hybridized carbons (Fsp3) is 0.419. The number of carbonyl (C=O) groups is 2. The Bertz CT molecular complexity index is 1450. The molecule has 10 nitrogen and oxygen atoms in total. The van der Waals surface area contributed by atoms with Gasteiger partial charge in [0.15, 0.2) is 11.6 Å². The molecule has 1 spiro atoms. The summed E-state index contributed by atoms with van der Waals surface area (Å²) >= 11 is 0. The Morgan fingerprint density at radius 1 is 1.14 bits per heavy atom. The molecule has 3 heterocycles. The predicted molar refractivity (Wildman–Crippen MR) is 161 cm³/mol. The number of benzene rings is 2. The summed E-state index contributed by atoms with van der Waals surface area (Å²) in [6, 6.07) is 10.0. The fourth-order valence-corrected chi connectivity index (χ4v) is 5.88. The molecule has 2 aliphatic heterocycles. The van der Waals surface area contributed by atoms with Crippen molar-refractivity contribution in [2.45, 2.75) is 39.3 Å². The van der Waals surface area contributed by atoms with Crippen molar-refractivity contribution in [2.24, 2.45) is 5.41 Å². The number of hydrogen-bond donors (Lipinski definition) is 2. The molecular weight excluding hydrogens is 537 g/mol. The van der Waals surface area contributed by atoms with Crippen LogP contribution >= 0.6 is 0 Å². The molecule has 2 aromatic carbocycles. The Kier molecular flexibility index (Phi) is 8.58. The number of ether oxygens (including phenoxy) is 1. The van der Waals surface area contributed by atoms with E-state index in [2.05, 4.69) is 36.5 Å². The van der Waals surface area contributed by atoms with E-state index >= 15 is 0 Å². The van der Waals surface area contributed by atoms with Crippen LogP contribution in [0.25, 0.3) is 0 Å². The van der Waals surface area contributed by atoms with Gasteiger partial charge >= 0.3 is 0 Å². The maximum absolute atomic E-state index is 14.2. The highest BCUT2D eigenvalue weighted by molar-refractivity contribution is 5.97. The third-order valence-corrected chi connectivity index (χ3v) is 8.37. The molecule has 1 aromatic heterocycles. The Labute approximate surface area is 245 Å². The molecule has 5 rings (SSSR count). The minimum absolute atomic E-state index is 0.0567. The maximum atomic E-state index is 14.2. The molecule has 0 saturated carbocycles. The Morgan fingerprint density at radius 3 is 2.71 bits per heavy atom. The molecule has 11 heteroatoms. The van der Waals surface area contributed by atoms with Crippen LogP contribution in [-0.2, 0) is 11.3 Å². The van der Waals surface area contributed by atoms with E-state index < -0.39 is 5.82 Å². The van der Waals surface area contributed by atoms with Crippen molar-refractivity contribution >= 4 is 29.5 Å². The van der Waals surface area contributed by atoms with Crippen molar-refractivity contribution in [1.82, 2.24) is 19.8 Å². The number of rotatable bonds is 10. The van der Waals surface area contributed by atoms with Gasteiger partial charge in [0.05, 0.1) is 23.1 Å². The monoisotopic (exact) mass is 575 g/mol. The van der Waals surface area contributed by atoms with Crippen molar-refractivity contribution < 1.29 is 18.7 Å². The van der Waals surface area contributed by atoms with Crippen LogP contribution in [0.1, 0.15) is 42.6 Å². The zero-order valence-electron chi connectivity index (χ0n) is 24.6. The van der Waals surface area contributed by atoms with Gasteiger partial charge in [0.1, 0.15) is 17.9 Å². The third-order valence-electron chi connectivity index (χ3n) is 8.37. The highest BCUT2D eigenvalue weighted by Crippen LogP contribution is 2.43. The first-order chi connectivity index (χ1) is 20.2. The lowest BCUT2D eigenvalue weighted by Crippen LogP contribution is -2.33. The Balaban J connectivity index is 1.30. The Hall–Kier alpha value is -4.25. The molecule has 2 N–H and O–H groups in total. The van der Waals surface area contributed by atoms with Gasteiger partial charge in [-0.3, -0.25) is 14.5 Å². The first-order valence-corrected chi connectivity index (χ1v) is 14.2. The molecule has 2 amide bonds. The van der Waals surface area contributed by atoms with Crippen molar-refractivity contribution in [1.29, 1.82) is 0 Å². The number of nitrogens with zero attached hydrogens (tertiary/aromatic N) is 5. The lowest BCUT2D eigenvalue weighted by molar-refractivity contribution is -0.105. The second kappa shape index (κ2) is 12.3. The van der Waals surface area contributed by atoms with Crippen molar-refractivity contribution in [3.8, 4) is 11.5 Å². The van der Waals surface area contributed by atoms with E-state index in [0.717, 1.165) is 62.5 Å². The van der Waals surface area contributed by atoms with E-state index in [1.54, 1.807) is 18.1 Å². The number of hydrogen-bond acceptors (Lipinski definition) is 8. The molecule has 0 radical (unpaired) electrons. The van der Waals surface area contributed by atoms with Crippen LogP contribution in [-0.4, -0.2) is 78.4 Å². The average Bonchev–Trinajstić information content (AvgIpc) is 3.59. The molecule has 2 saturated heterocycles. The summed E-state index contributed by atoms with van der Waals surface area (Å²) in [5.41, 5.74) is 3.06. The molecule has 2 aliphatic rings. The normalized spacial score (nSPS) is 18.5. The quantitative estimate of drug-likeness (QED) is 0.338. The van der Waals surface area contributed by atoms with Gasteiger partial charge in [-0.15, -0.1) is 0 Å². The summed E-state index contributed by atoms with van der Waals surface area (Å²) in [6.07, 6.45) is 5.87. The molecule has 0 aliphatic carbocycles. The minimum atomic E-state index is -0.506. The van der Waals surface area contributed by atoms with Gasteiger partial charge in [-0.1, -0.05) is 6.07 Å². The van der Waals surface area contributed by atoms with Crippen LogP contribution < -0.4 is 20.3 Å². The molecular formula is C31H38FN7O3. The lowest BCUT2D eigenvalue weighted by Gasteiger charge is -2.26. The van der Waals surface area contributed by atoms with Crippen LogP contribution in [0.4, 0.5) is 21.6 Å². The second-order valence-electron chi connectivity index (χ2n) is 11.5. The summed E-state index contributed by atoms with van der Waals surface area (Å²) in [7, 11) is 3.52. The SMILES string of the molecule is CNc1ccc(CN2CCC3(CCN(c4ncncc4Oc4ccc(F)cc4C(=O)N(C)C(C)C)C3)C2)cc1NC=O. The van der Waals surface area contributed by atoms with Crippen LogP contribution in [0.5, 0.6) is 11.5 Å². The summed E-state index contributed by atoms with van der Waals surface area (Å²) in [5.74, 6) is 0.524. The van der Waals surface area contributed by atoms with Crippen LogP contribution in [0.3, 0.4) is 0 Å². The number of anilines is 3. The van der Waals surface area contributed by atoms with Crippen molar-refractivity contribution in [3.63, 3.8) is 0 Å². The zero-order valence-corrected chi connectivity index (χ0v) is 24.6. The van der Waals surface area contributed by atoms with Gasteiger partial charge in [0.2, 0.25) is 6.41 Å². The first kappa shape index (κ1) is 29.2. The van der Waals surface area contributed by atoms with Gasteiger partial charge in [-0.2, -0.15) is 0 Å². The van der Waals surface area contributed by atoms with Gasteiger partial charge < -0.3 is 25.2 Å². The van der Waals surface area contributed by atoms with Crippen LogP contribution in [0.15, 0.2) is 48.9 Å². The number of likely N-dealkylation sites (tertiary alicyclic amines) is 1. The highest BCUT2D eigenvalue weighted by Gasteiger charge is 2.44. The standard InChI is InChI=1S/C31H38FN7O3/c1-21(2)37(4)30(41)24-14-23(32)6-8-27(24)42-28-15-34-19-35-29(28)39-12-10-31(18-39)9-11-38(17-31)16-22-5-7-25(33-3)26(13-22)36-20-40/h5-8,13-15,19-21,33H,9-12,16-18H2,1-4H3,(H,36,40). The van der Waals surface area contributed by atoms with Gasteiger partial charge in [0, 0.05) is 51.7 Å². The van der Waals surface area contributed by atoms with E-state index in [9.17, 15) is 14.0 Å². The van der Waals surface area contributed by atoms with Crippen molar-refractivity contribution in [3.05, 3.63) is 65.9 Å². The second-order valence-corrected chi connectivity index (χ2v) is 11.5. The first-order valence-electron chi connectivity index (χ1n) is 14.2. The van der Waals surface area contributed by atoms with E-state index in [4.69, 9.17) is 4.74 Å². The zero-order chi connectivity index (χ0) is 29.9. The van der Waals surface area contributed by atoms with Crippen molar-refractivity contribution in [2.75, 3.05) is 55.8 Å². The van der Waals surface area contributed by atoms with E-state index in [1.165, 1.54) is 24.5 Å². The van der Waals surface area contributed by atoms with E-state index in [0.29, 0.717) is 18.0 Å². The third kappa shape index (κ3) is 6.15. The molecule has 1 unspecified atom stereocenters. The van der Waals surface area contributed by atoms with E-state index in [1.807, 2.05) is 33.0 Å². The largest absolute Gasteiger partial charge is 0.451 e. The summed E-state index contributed by atoms with van der Waals surface area (Å²) in [6.45, 7) is 8.16. The smallest absolute Gasteiger partial charge is 0.257 e. The summed E-state index contributed by atoms with van der Waals surface area (Å²) < 4.78 is 20.4. The molecule has 0 bridgehead atoms. The van der Waals surface area contributed by atoms with Gasteiger partial charge in [-0.25, -0.2) is 14.4 Å². The molecule has 222 valence electrons. The predicted octanol–water partition coefficient (Wildman–Crippen LogP) is 4.60. The number of amides is 2. The summed E-state index contributed by atoms with van der Waals surface area (Å²) in [4.78, 5) is 39.1. The number of aromatic nitrogens is 2. The molecule has 42 heavy (non-hydrogen) atoms. The van der Waals surface area contributed by atoms with E-state index in [-0.39, 0.29) is 28.7 Å². The number of carbonyl (C=O) groups excluding carboxylic acids is 2. The lowest BCUT2D eigenvalue weighted by atomic mass is 9.86. The van der Waals surface area contributed by atoms with Crippen LogP contribution in [0.2, 0.25) is 0 Å². The molecule has 2 fully saturated rings. The topological polar surface area (TPSA) is 103 Å². The average molecular weight is 576 g/mol. The Morgan fingerprint density at radius 2 is 1.95 bits per heavy atom. The van der Waals surface area contributed by atoms with Gasteiger partial charge in [0.25, 0.3) is 5.91 Å². The maximum Gasteiger partial charge on any atom is 0.257 e. The fourth-order valence-electron chi connectivity index (χ4n) is 5.88. The number of halogens is 1. The summed E-state index contributed by atoms with van der Waals surface area (Å²) in [5, 5.41) is 5.88. The van der Waals surface area contributed by atoms with Crippen LogP contribution in [0, 0.1) is 11.2 Å². The minimum Gasteiger partial charge on any atom is -0.451 e. The molecule has 3 aromatic rings. The molecule has 1 atom stereocenters. The number of nitrogens with one attached hydrogen (secondary N) is 2.